The number of piperazine rings is 1. The molecule has 0 spiro atoms. The molecule has 3 amide bonds. The number of phenolic OH excluding ortho intramolecular Hbond substituents is 1. The summed E-state index contributed by atoms with van der Waals surface area (Å²) in [6, 6.07) is 15.9. The lowest BCUT2D eigenvalue weighted by Gasteiger charge is -2.37. The van der Waals surface area contributed by atoms with Gasteiger partial charge in [0.15, 0.2) is 6.04 Å². The summed E-state index contributed by atoms with van der Waals surface area (Å²) in [5.41, 5.74) is 1.69. The van der Waals surface area contributed by atoms with Gasteiger partial charge >= 0.3 is 6.03 Å². The number of amides is 3. The Kier molecular flexibility index (Phi) is 6.49. The Bertz CT molecular complexity index is 804. The molecule has 28 heavy (non-hydrogen) atoms. The van der Waals surface area contributed by atoms with E-state index in [-0.39, 0.29) is 11.7 Å². The summed E-state index contributed by atoms with van der Waals surface area (Å²) >= 11 is 0. The minimum Gasteiger partial charge on any atom is -0.506 e. The number of benzene rings is 2. The fourth-order valence-corrected chi connectivity index (χ4v) is 3.66. The lowest BCUT2D eigenvalue weighted by Crippen LogP contribution is -3.16. The van der Waals surface area contributed by atoms with Crippen molar-refractivity contribution < 1.29 is 19.6 Å². The van der Waals surface area contributed by atoms with Gasteiger partial charge in [-0.2, -0.15) is 0 Å². The quantitative estimate of drug-likeness (QED) is 0.612. The number of phenols is 1. The first-order valence-electron chi connectivity index (χ1n) is 9.61. The van der Waals surface area contributed by atoms with E-state index < -0.39 is 12.1 Å². The van der Waals surface area contributed by atoms with Crippen molar-refractivity contribution in [2.75, 3.05) is 37.6 Å². The fourth-order valence-electron chi connectivity index (χ4n) is 3.66. The summed E-state index contributed by atoms with van der Waals surface area (Å²) < 4.78 is 0. The third-order valence-corrected chi connectivity index (χ3v) is 5.01. The molecule has 0 radical (unpaired) electrons. The minimum absolute atomic E-state index is 0.263. The molecule has 1 saturated heterocycles. The van der Waals surface area contributed by atoms with E-state index in [9.17, 15) is 14.7 Å². The van der Waals surface area contributed by atoms with Crippen molar-refractivity contribution in [3.05, 3.63) is 60.2 Å². The molecule has 1 heterocycles. The highest BCUT2D eigenvalue weighted by Crippen LogP contribution is 2.26. The molecule has 1 aliphatic heterocycles. The summed E-state index contributed by atoms with van der Waals surface area (Å²) in [6.07, 6.45) is 0. The molecule has 2 aromatic rings. The molecule has 7 heteroatoms. The highest BCUT2D eigenvalue weighted by atomic mass is 16.3. The topological polar surface area (TPSA) is 86.1 Å². The van der Waals surface area contributed by atoms with Crippen molar-refractivity contribution >= 4 is 17.6 Å². The van der Waals surface area contributed by atoms with Gasteiger partial charge in [0.2, 0.25) is 0 Å². The Morgan fingerprint density at radius 1 is 1.07 bits per heavy atom. The van der Waals surface area contributed by atoms with Crippen LogP contribution in [0.2, 0.25) is 0 Å². The number of rotatable bonds is 5. The maximum absolute atomic E-state index is 12.9. The first kappa shape index (κ1) is 19.7. The average molecular weight is 383 g/mol. The third-order valence-electron chi connectivity index (χ3n) is 5.01. The van der Waals surface area contributed by atoms with Crippen molar-refractivity contribution in [2.45, 2.75) is 13.0 Å². The molecule has 148 valence electrons. The Morgan fingerprint density at radius 3 is 2.36 bits per heavy atom. The van der Waals surface area contributed by atoms with Gasteiger partial charge in [0, 0.05) is 12.1 Å². The van der Waals surface area contributed by atoms with Crippen molar-refractivity contribution in [2.24, 2.45) is 0 Å². The van der Waals surface area contributed by atoms with Crippen LogP contribution >= 0.6 is 0 Å². The second kappa shape index (κ2) is 9.23. The highest BCUT2D eigenvalue weighted by Gasteiger charge is 2.35. The van der Waals surface area contributed by atoms with E-state index >= 15 is 0 Å². The largest absolute Gasteiger partial charge is 0.506 e. The monoisotopic (exact) mass is 383 g/mol. The molecule has 1 fully saturated rings. The van der Waals surface area contributed by atoms with Gasteiger partial charge < -0.3 is 20.2 Å². The number of nitrogens with zero attached hydrogens (tertiary/aromatic N) is 1. The minimum atomic E-state index is -0.472. The number of quaternary nitrogens is 1. The predicted molar refractivity (Wildman–Crippen MR) is 107 cm³/mol. The molecule has 2 aromatic carbocycles. The van der Waals surface area contributed by atoms with E-state index in [0.29, 0.717) is 19.6 Å². The van der Waals surface area contributed by atoms with Crippen LogP contribution in [0.15, 0.2) is 54.6 Å². The molecule has 0 bridgehead atoms. The fraction of sp³-hybridized carbons (Fsp3) is 0.333. The molecule has 0 saturated carbocycles. The molecule has 0 unspecified atom stereocenters. The Balaban J connectivity index is 1.74. The summed E-state index contributed by atoms with van der Waals surface area (Å²) in [5, 5.41) is 15.2. The van der Waals surface area contributed by atoms with Gasteiger partial charge in [-0.3, -0.25) is 10.1 Å². The maximum Gasteiger partial charge on any atom is 0.321 e. The molecule has 0 aromatic heterocycles. The van der Waals surface area contributed by atoms with E-state index in [4.69, 9.17) is 0 Å². The van der Waals surface area contributed by atoms with E-state index in [1.165, 1.54) is 0 Å². The molecule has 4 N–H and O–H groups in total. The number of urea groups is 1. The van der Waals surface area contributed by atoms with Crippen LogP contribution in [0.4, 0.5) is 10.5 Å². The number of nitrogens with one attached hydrogen (secondary N) is 3. The van der Waals surface area contributed by atoms with E-state index in [1.807, 2.05) is 49.4 Å². The molecule has 0 aliphatic carbocycles. The number of imide groups is 1. The Morgan fingerprint density at radius 2 is 1.71 bits per heavy atom. The maximum atomic E-state index is 12.9. The predicted octanol–water partition coefficient (Wildman–Crippen LogP) is 0.684. The zero-order chi connectivity index (χ0) is 19.9. The van der Waals surface area contributed by atoms with Crippen LogP contribution < -0.4 is 20.4 Å². The van der Waals surface area contributed by atoms with Crippen LogP contribution in [-0.4, -0.2) is 49.8 Å². The van der Waals surface area contributed by atoms with E-state index in [1.54, 1.807) is 12.1 Å². The van der Waals surface area contributed by atoms with Gasteiger partial charge in [-0.15, -0.1) is 0 Å². The van der Waals surface area contributed by atoms with Crippen LogP contribution in [0.1, 0.15) is 18.5 Å². The van der Waals surface area contributed by atoms with Crippen LogP contribution in [0.5, 0.6) is 5.75 Å². The number of carbonyl (C=O) groups is 2. The van der Waals surface area contributed by atoms with Crippen molar-refractivity contribution in [3.8, 4) is 5.75 Å². The number of hydrogen-bond acceptors (Lipinski definition) is 4. The average Bonchev–Trinajstić information content (AvgIpc) is 2.70. The molecule has 7 nitrogen and oxygen atoms in total. The zero-order valence-corrected chi connectivity index (χ0v) is 16.0. The molecule has 3 rings (SSSR count). The van der Waals surface area contributed by atoms with Crippen molar-refractivity contribution in [1.82, 2.24) is 10.6 Å². The van der Waals surface area contributed by atoms with Crippen LogP contribution in [-0.2, 0) is 4.79 Å². The van der Waals surface area contributed by atoms with Gasteiger partial charge in [-0.1, -0.05) is 42.5 Å². The standard InChI is InChI=1S/C21H26N4O3/c1-2-22-21(28)23-20(27)19(16-8-4-3-5-9-16)25-14-12-24(13-15-25)17-10-6-7-11-18(17)26/h3-11,19,26H,2,12-15H2,1H3,(H2,22,23,27,28)/p+1/t19-/m0/s1. The third kappa shape index (κ3) is 4.61. The number of para-hydroxylation sites is 2. The molecule has 1 aliphatic rings. The zero-order valence-electron chi connectivity index (χ0n) is 16.0. The van der Waals surface area contributed by atoms with Crippen LogP contribution in [0, 0.1) is 0 Å². The second-order valence-electron chi connectivity index (χ2n) is 6.83. The Labute approximate surface area is 165 Å². The highest BCUT2D eigenvalue weighted by molar-refractivity contribution is 5.96. The lowest BCUT2D eigenvalue weighted by molar-refractivity contribution is -0.922. The number of carbonyl (C=O) groups excluding carboxylic acids is 2. The first-order valence-corrected chi connectivity index (χ1v) is 9.61. The molecular weight excluding hydrogens is 356 g/mol. The number of aromatic hydroxyl groups is 1. The normalized spacial score (nSPS) is 15.7. The van der Waals surface area contributed by atoms with Gasteiger partial charge in [-0.05, 0) is 19.1 Å². The van der Waals surface area contributed by atoms with Crippen LogP contribution in [0.3, 0.4) is 0 Å². The number of anilines is 1. The van der Waals surface area contributed by atoms with Gasteiger partial charge in [-0.25, -0.2) is 4.79 Å². The SMILES string of the molecule is CCNC(=O)NC(=O)[C@H](c1ccccc1)[NH+]1CCN(c2ccccc2O)CC1. The summed E-state index contributed by atoms with van der Waals surface area (Å²) in [7, 11) is 0. The van der Waals surface area contributed by atoms with E-state index in [0.717, 1.165) is 29.2 Å². The van der Waals surface area contributed by atoms with Gasteiger partial charge in [0.05, 0.1) is 31.9 Å². The first-order chi connectivity index (χ1) is 13.6. The van der Waals surface area contributed by atoms with Gasteiger partial charge in [0.25, 0.3) is 5.91 Å². The summed E-state index contributed by atoms with van der Waals surface area (Å²) in [5.74, 6) is -0.0392. The van der Waals surface area contributed by atoms with Gasteiger partial charge in [0.1, 0.15) is 5.75 Å². The molecular formula is C21H27N4O3+. The summed E-state index contributed by atoms with van der Waals surface area (Å²) in [6.45, 7) is 5.13. The smallest absolute Gasteiger partial charge is 0.321 e. The van der Waals surface area contributed by atoms with Crippen molar-refractivity contribution in [3.63, 3.8) is 0 Å². The Hall–Kier alpha value is -3.06. The summed E-state index contributed by atoms with van der Waals surface area (Å²) in [4.78, 5) is 28.0. The van der Waals surface area contributed by atoms with Crippen molar-refractivity contribution in [1.29, 1.82) is 0 Å². The molecule has 1 atom stereocenters. The number of hydrogen-bond donors (Lipinski definition) is 4. The lowest BCUT2D eigenvalue weighted by atomic mass is 10.0. The van der Waals surface area contributed by atoms with E-state index in [2.05, 4.69) is 15.5 Å². The second-order valence-corrected chi connectivity index (χ2v) is 6.83. The van der Waals surface area contributed by atoms with Crippen LogP contribution in [0.25, 0.3) is 0 Å².